The topological polar surface area (TPSA) is 85.9 Å². The van der Waals surface area contributed by atoms with E-state index >= 15 is 0 Å². The van der Waals surface area contributed by atoms with E-state index < -0.39 is 0 Å². The number of benzene rings is 2. The average Bonchev–Trinajstić information content (AvgIpc) is 3.37. The number of carbonyl (C=O) groups excluding carboxylic acids is 2. The molecule has 4 rings (SSSR count). The summed E-state index contributed by atoms with van der Waals surface area (Å²) in [7, 11) is 0. The van der Waals surface area contributed by atoms with Gasteiger partial charge in [-0.2, -0.15) is 0 Å². The van der Waals surface area contributed by atoms with E-state index in [1.54, 1.807) is 42.5 Å². The van der Waals surface area contributed by atoms with Gasteiger partial charge in [-0.3, -0.25) is 9.59 Å². The minimum Gasteiger partial charge on any atom is -0.454 e. The fourth-order valence-electron chi connectivity index (χ4n) is 3.09. The van der Waals surface area contributed by atoms with Crippen molar-refractivity contribution in [2.75, 3.05) is 25.3 Å². The van der Waals surface area contributed by atoms with Crippen molar-refractivity contribution in [1.29, 1.82) is 0 Å². The van der Waals surface area contributed by atoms with Crippen molar-refractivity contribution in [2.24, 2.45) is 0 Å². The quantitative estimate of drug-likeness (QED) is 0.847. The Hall–Kier alpha value is -3.06. The summed E-state index contributed by atoms with van der Waals surface area (Å²) in [5.41, 5.74) is 1.43. The molecule has 2 aromatic carbocycles. The van der Waals surface area contributed by atoms with E-state index in [9.17, 15) is 9.59 Å². The van der Waals surface area contributed by atoms with Gasteiger partial charge in [-0.05, 0) is 43.2 Å². The minimum atomic E-state index is -0.303. The maximum atomic E-state index is 12.5. The molecule has 27 heavy (non-hydrogen) atoms. The maximum Gasteiger partial charge on any atom is 0.255 e. The molecule has 0 spiro atoms. The Morgan fingerprint density at radius 1 is 1.00 bits per heavy atom. The molecule has 2 heterocycles. The Kier molecular flexibility index (Phi) is 4.93. The van der Waals surface area contributed by atoms with E-state index in [2.05, 4.69) is 10.6 Å². The molecule has 1 unspecified atom stereocenters. The molecule has 2 aliphatic rings. The number of hydrogen-bond acceptors (Lipinski definition) is 5. The van der Waals surface area contributed by atoms with Gasteiger partial charge in [-0.25, -0.2) is 0 Å². The van der Waals surface area contributed by atoms with Gasteiger partial charge in [0.15, 0.2) is 11.5 Å². The number of fused-ring (bicyclic) bond motifs is 1. The fourth-order valence-corrected chi connectivity index (χ4v) is 3.09. The molecule has 0 aromatic heterocycles. The van der Waals surface area contributed by atoms with Gasteiger partial charge in [-0.1, -0.05) is 6.07 Å². The third-order valence-corrected chi connectivity index (χ3v) is 4.53. The molecular formula is C20H20N2O5. The van der Waals surface area contributed by atoms with Gasteiger partial charge in [0.05, 0.1) is 6.10 Å². The molecule has 2 amide bonds. The van der Waals surface area contributed by atoms with Crippen LogP contribution in [-0.4, -0.2) is 37.9 Å². The molecule has 0 aliphatic carbocycles. The molecule has 2 aromatic rings. The van der Waals surface area contributed by atoms with Crippen molar-refractivity contribution >= 4 is 17.5 Å². The monoisotopic (exact) mass is 368 g/mol. The minimum absolute atomic E-state index is 0.0754. The molecule has 1 atom stereocenters. The van der Waals surface area contributed by atoms with Crippen LogP contribution in [0.25, 0.3) is 0 Å². The first-order valence-electron chi connectivity index (χ1n) is 8.90. The van der Waals surface area contributed by atoms with Crippen LogP contribution < -0.4 is 20.1 Å². The molecule has 140 valence electrons. The molecule has 0 radical (unpaired) electrons. The van der Waals surface area contributed by atoms with Crippen LogP contribution in [0, 0.1) is 0 Å². The molecule has 2 N–H and O–H groups in total. The molecule has 1 saturated heterocycles. The SMILES string of the molecule is O=C(NCC1CCCO1)c1cccc(C(=O)Nc2ccc3c(c2)OCO3)c1. The van der Waals surface area contributed by atoms with Crippen LogP contribution in [0.4, 0.5) is 5.69 Å². The first-order chi connectivity index (χ1) is 13.2. The van der Waals surface area contributed by atoms with Gasteiger partial charge >= 0.3 is 0 Å². The summed E-state index contributed by atoms with van der Waals surface area (Å²) in [5.74, 6) is 0.721. The average molecular weight is 368 g/mol. The normalized spacial score (nSPS) is 17.6. The van der Waals surface area contributed by atoms with Gasteiger partial charge in [0.1, 0.15) is 0 Å². The second-order valence-corrected chi connectivity index (χ2v) is 6.45. The van der Waals surface area contributed by atoms with Crippen molar-refractivity contribution in [3.8, 4) is 11.5 Å². The highest BCUT2D eigenvalue weighted by Gasteiger charge is 2.18. The zero-order valence-corrected chi connectivity index (χ0v) is 14.7. The molecule has 7 nitrogen and oxygen atoms in total. The zero-order valence-electron chi connectivity index (χ0n) is 14.7. The Balaban J connectivity index is 1.40. The lowest BCUT2D eigenvalue weighted by molar-refractivity contribution is 0.0858. The summed E-state index contributed by atoms with van der Waals surface area (Å²) in [5, 5.41) is 5.66. The van der Waals surface area contributed by atoms with Gasteiger partial charge in [0, 0.05) is 36.0 Å². The summed E-state index contributed by atoms with van der Waals surface area (Å²) in [6.07, 6.45) is 2.06. The third kappa shape index (κ3) is 4.03. The number of rotatable bonds is 5. The summed E-state index contributed by atoms with van der Waals surface area (Å²) in [6.45, 7) is 1.40. The first-order valence-corrected chi connectivity index (χ1v) is 8.90. The molecule has 2 aliphatic heterocycles. The van der Waals surface area contributed by atoms with E-state index in [1.807, 2.05) is 0 Å². The van der Waals surface area contributed by atoms with Crippen molar-refractivity contribution in [3.63, 3.8) is 0 Å². The van der Waals surface area contributed by atoms with E-state index in [1.165, 1.54) is 0 Å². The summed E-state index contributed by atoms with van der Waals surface area (Å²) in [4.78, 5) is 24.9. The van der Waals surface area contributed by atoms with Gasteiger partial charge in [-0.15, -0.1) is 0 Å². The smallest absolute Gasteiger partial charge is 0.255 e. The Morgan fingerprint density at radius 3 is 2.63 bits per heavy atom. The number of amides is 2. The summed E-state index contributed by atoms with van der Waals surface area (Å²) >= 11 is 0. The number of nitrogens with one attached hydrogen (secondary N) is 2. The van der Waals surface area contributed by atoms with E-state index in [4.69, 9.17) is 14.2 Å². The van der Waals surface area contributed by atoms with Crippen LogP contribution in [0.1, 0.15) is 33.6 Å². The number of ether oxygens (including phenoxy) is 3. The fraction of sp³-hybridized carbons (Fsp3) is 0.300. The second kappa shape index (κ2) is 7.67. The molecule has 0 bridgehead atoms. The maximum absolute atomic E-state index is 12.5. The first kappa shape index (κ1) is 17.4. The Labute approximate surface area is 156 Å². The van der Waals surface area contributed by atoms with Crippen LogP contribution in [0.15, 0.2) is 42.5 Å². The van der Waals surface area contributed by atoms with Gasteiger partial charge in [0.25, 0.3) is 11.8 Å². The standard InChI is InChI=1S/C20H20N2O5/c23-19(21-11-16-5-2-8-25-16)13-3-1-4-14(9-13)20(24)22-15-6-7-17-18(10-15)27-12-26-17/h1,3-4,6-7,9-10,16H,2,5,8,11-12H2,(H,21,23)(H,22,24). The van der Waals surface area contributed by atoms with Crippen molar-refractivity contribution in [1.82, 2.24) is 5.32 Å². The summed E-state index contributed by atoms with van der Waals surface area (Å²) in [6, 6.07) is 11.8. The van der Waals surface area contributed by atoms with Crippen molar-refractivity contribution < 1.29 is 23.8 Å². The van der Waals surface area contributed by atoms with Crippen molar-refractivity contribution in [3.05, 3.63) is 53.6 Å². The predicted molar refractivity (Wildman–Crippen MR) is 98.3 cm³/mol. The highest BCUT2D eigenvalue weighted by molar-refractivity contribution is 6.06. The molecular weight excluding hydrogens is 348 g/mol. The zero-order chi connectivity index (χ0) is 18.6. The lowest BCUT2D eigenvalue weighted by Gasteiger charge is -2.11. The van der Waals surface area contributed by atoms with Crippen LogP contribution in [0.2, 0.25) is 0 Å². The largest absolute Gasteiger partial charge is 0.454 e. The number of carbonyl (C=O) groups is 2. The lowest BCUT2D eigenvalue weighted by Crippen LogP contribution is -2.31. The summed E-state index contributed by atoms with van der Waals surface area (Å²) < 4.78 is 16.1. The van der Waals surface area contributed by atoms with E-state index in [-0.39, 0.29) is 24.7 Å². The highest BCUT2D eigenvalue weighted by Crippen LogP contribution is 2.34. The van der Waals surface area contributed by atoms with Crippen molar-refractivity contribution in [2.45, 2.75) is 18.9 Å². The van der Waals surface area contributed by atoms with Crippen LogP contribution >= 0.6 is 0 Å². The molecule has 1 fully saturated rings. The van der Waals surface area contributed by atoms with Crippen LogP contribution in [-0.2, 0) is 4.74 Å². The Morgan fingerprint density at radius 2 is 1.81 bits per heavy atom. The molecule has 0 saturated carbocycles. The van der Waals surface area contributed by atoms with Crippen LogP contribution in [0.3, 0.4) is 0 Å². The highest BCUT2D eigenvalue weighted by atomic mass is 16.7. The van der Waals surface area contributed by atoms with Crippen LogP contribution in [0.5, 0.6) is 11.5 Å². The van der Waals surface area contributed by atoms with Gasteiger partial charge < -0.3 is 24.8 Å². The van der Waals surface area contributed by atoms with Gasteiger partial charge in [0.2, 0.25) is 6.79 Å². The number of hydrogen-bond donors (Lipinski definition) is 2. The lowest BCUT2D eigenvalue weighted by atomic mass is 10.1. The number of anilines is 1. The Bertz CT molecular complexity index is 861. The predicted octanol–water partition coefficient (Wildman–Crippen LogP) is 2.58. The third-order valence-electron chi connectivity index (χ3n) is 4.53. The second-order valence-electron chi connectivity index (χ2n) is 6.45. The molecule has 7 heteroatoms. The van der Waals surface area contributed by atoms with E-state index in [0.29, 0.717) is 34.9 Å². The van der Waals surface area contributed by atoms with E-state index in [0.717, 1.165) is 19.4 Å².